The molecule has 0 aromatic rings. The van der Waals surface area contributed by atoms with Gasteiger partial charge in [-0.25, -0.2) is 5.01 Å². The number of hydrogen-bond acceptors (Lipinski definition) is 2. The molecule has 0 radical (unpaired) electrons. The van der Waals surface area contributed by atoms with Gasteiger partial charge >= 0.3 is 0 Å². The minimum absolute atomic E-state index is 0.0262. The van der Waals surface area contributed by atoms with Crippen molar-refractivity contribution in [3.8, 4) is 0 Å². The largest absolute Gasteiger partial charge is 0.272 e. The van der Waals surface area contributed by atoms with E-state index in [1.54, 1.807) is 0 Å². The molecule has 96 valence electrons. The van der Waals surface area contributed by atoms with E-state index >= 15 is 0 Å². The molecule has 1 amide bonds. The molecule has 3 heteroatoms. The first kappa shape index (κ1) is 12.6. The van der Waals surface area contributed by atoms with Crippen LogP contribution < -0.4 is 0 Å². The molecule has 0 bridgehead atoms. The van der Waals surface area contributed by atoms with Crippen LogP contribution in [0.5, 0.6) is 0 Å². The van der Waals surface area contributed by atoms with Crippen LogP contribution in [0.3, 0.4) is 0 Å². The molecule has 17 heavy (non-hydrogen) atoms. The van der Waals surface area contributed by atoms with E-state index in [9.17, 15) is 4.79 Å². The van der Waals surface area contributed by atoms with Gasteiger partial charge in [0.05, 0.1) is 12.0 Å². The second-order valence-electron chi connectivity index (χ2n) is 5.79. The fourth-order valence-electron chi connectivity index (χ4n) is 3.13. The van der Waals surface area contributed by atoms with Crippen molar-refractivity contribution in [2.75, 3.05) is 0 Å². The van der Waals surface area contributed by atoms with Crippen LogP contribution in [0.15, 0.2) is 5.10 Å². The molecule has 1 unspecified atom stereocenters. The molecule has 0 aromatic heterocycles. The third-order valence-corrected chi connectivity index (χ3v) is 4.04. The maximum atomic E-state index is 12.4. The lowest BCUT2D eigenvalue weighted by Gasteiger charge is -2.24. The van der Waals surface area contributed by atoms with Gasteiger partial charge in [0.2, 0.25) is 0 Å². The van der Waals surface area contributed by atoms with Gasteiger partial charge in [-0.05, 0) is 25.7 Å². The molecule has 2 rings (SSSR count). The van der Waals surface area contributed by atoms with Crippen LogP contribution in [0.4, 0.5) is 0 Å². The Hall–Kier alpha value is -0.860. The summed E-state index contributed by atoms with van der Waals surface area (Å²) in [7, 11) is 0. The molecular weight excluding hydrogens is 212 g/mol. The molecule has 2 aliphatic rings. The van der Waals surface area contributed by atoms with Crippen LogP contribution in [0, 0.1) is 11.8 Å². The SMILES string of the molecule is CC1=NN(C2CCCCCC2)C(=O)C1C(C)C. The quantitative estimate of drug-likeness (QED) is 0.678. The van der Waals surface area contributed by atoms with Gasteiger partial charge in [-0.3, -0.25) is 4.79 Å². The van der Waals surface area contributed by atoms with E-state index in [1.807, 2.05) is 11.9 Å². The third-order valence-electron chi connectivity index (χ3n) is 4.04. The van der Waals surface area contributed by atoms with E-state index in [-0.39, 0.29) is 11.8 Å². The first-order chi connectivity index (χ1) is 8.11. The van der Waals surface area contributed by atoms with Crippen LogP contribution in [0.2, 0.25) is 0 Å². The average Bonchev–Trinajstić information content (AvgIpc) is 2.48. The van der Waals surface area contributed by atoms with Crippen molar-refractivity contribution < 1.29 is 4.79 Å². The van der Waals surface area contributed by atoms with E-state index in [4.69, 9.17) is 0 Å². The zero-order chi connectivity index (χ0) is 12.4. The molecule has 0 aromatic carbocycles. The minimum atomic E-state index is 0.0262. The first-order valence-electron chi connectivity index (χ1n) is 6.99. The Morgan fingerprint density at radius 3 is 2.24 bits per heavy atom. The Labute approximate surface area is 104 Å². The highest BCUT2D eigenvalue weighted by Gasteiger charge is 2.38. The second kappa shape index (κ2) is 5.19. The lowest BCUT2D eigenvalue weighted by molar-refractivity contribution is -0.135. The summed E-state index contributed by atoms with van der Waals surface area (Å²) >= 11 is 0. The maximum Gasteiger partial charge on any atom is 0.252 e. The summed E-state index contributed by atoms with van der Waals surface area (Å²) in [5.41, 5.74) is 1.01. The third kappa shape index (κ3) is 2.53. The highest BCUT2D eigenvalue weighted by molar-refractivity contribution is 6.07. The van der Waals surface area contributed by atoms with E-state index in [1.165, 1.54) is 25.7 Å². The minimum Gasteiger partial charge on any atom is -0.272 e. The number of nitrogens with zero attached hydrogens (tertiary/aromatic N) is 2. The Morgan fingerprint density at radius 1 is 1.18 bits per heavy atom. The Kier molecular flexibility index (Phi) is 3.85. The van der Waals surface area contributed by atoms with Crippen LogP contribution in [-0.4, -0.2) is 22.7 Å². The Balaban J connectivity index is 2.09. The summed E-state index contributed by atoms with van der Waals surface area (Å²) in [5.74, 6) is 0.629. The van der Waals surface area contributed by atoms with E-state index in [0.717, 1.165) is 18.6 Å². The summed E-state index contributed by atoms with van der Waals surface area (Å²) in [6, 6.07) is 0.365. The highest BCUT2D eigenvalue weighted by atomic mass is 16.2. The van der Waals surface area contributed by atoms with Gasteiger partial charge in [0, 0.05) is 5.71 Å². The number of rotatable bonds is 2. The maximum absolute atomic E-state index is 12.4. The van der Waals surface area contributed by atoms with Crippen molar-refractivity contribution in [2.24, 2.45) is 16.9 Å². The predicted molar refractivity (Wildman–Crippen MR) is 69.8 cm³/mol. The van der Waals surface area contributed by atoms with Gasteiger partial charge in [-0.2, -0.15) is 5.10 Å². The molecular formula is C14H24N2O. The molecule has 1 saturated carbocycles. The summed E-state index contributed by atoms with van der Waals surface area (Å²) in [6.07, 6.45) is 7.38. The molecule has 0 saturated heterocycles. The summed E-state index contributed by atoms with van der Waals surface area (Å²) in [5, 5.41) is 6.35. The van der Waals surface area contributed by atoms with Crippen molar-refractivity contribution in [2.45, 2.75) is 65.3 Å². The van der Waals surface area contributed by atoms with Gasteiger partial charge in [-0.15, -0.1) is 0 Å². The van der Waals surface area contributed by atoms with Crippen LogP contribution in [-0.2, 0) is 4.79 Å². The molecule has 0 N–H and O–H groups in total. The average molecular weight is 236 g/mol. The zero-order valence-electron chi connectivity index (χ0n) is 11.3. The fraction of sp³-hybridized carbons (Fsp3) is 0.857. The number of hydrogen-bond donors (Lipinski definition) is 0. The van der Waals surface area contributed by atoms with Gasteiger partial charge in [-0.1, -0.05) is 39.5 Å². The number of carbonyl (C=O) groups excluding carboxylic acids is 1. The van der Waals surface area contributed by atoms with Gasteiger partial charge in [0.1, 0.15) is 0 Å². The van der Waals surface area contributed by atoms with E-state index in [0.29, 0.717) is 12.0 Å². The van der Waals surface area contributed by atoms with Crippen LogP contribution in [0.25, 0.3) is 0 Å². The summed E-state index contributed by atoms with van der Waals surface area (Å²) in [4.78, 5) is 12.4. The Bertz CT molecular complexity index is 314. The second-order valence-corrected chi connectivity index (χ2v) is 5.79. The standard InChI is InChI=1S/C14H24N2O/c1-10(2)13-11(3)15-16(14(13)17)12-8-6-4-5-7-9-12/h10,12-13H,4-9H2,1-3H3. The normalized spacial score (nSPS) is 27.5. The molecule has 1 aliphatic carbocycles. The van der Waals surface area contributed by atoms with Gasteiger partial charge < -0.3 is 0 Å². The smallest absolute Gasteiger partial charge is 0.252 e. The van der Waals surface area contributed by atoms with Crippen LogP contribution in [0.1, 0.15) is 59.3 Å². The van der Waals surface area contributed by atoms with E-state index < -0.39 is 0 Å². The number of amides is 1. The monoisotopic (exact) mass is 236 g/mol. The molecule has 1 atom stereocenters. The molecule has 1 fully saturated rings. The molecule has 1 aliphatic heterocycles. The number of carbonyl (C=O) groups is 1. The van der Waals surface area contributed by atoms with Crippen molar-refractivity contribution in [1.29, 1.82) is 0 Å². The molecule has 3 nitrogen and oxygen atoms in total. The predicted octanol–water partition coefficient (Wildman–Crippen LogP) is 3.20. The highest BCUT2D eigenvalue weighted by Crippen LogP contribution is 2.29. The topological polar surface area (TPSA) is 32.7 Å². The lowest BCUT2D eigenvalue weighted by Crippen LogP contribution is -2.37. The zero-order valence-corrected chi connectivity index (χ0v) is 11.3. The summed E-state index contributed by atoms with van der Waals surface area (Å²) < 4.78 is 0. The summed E-state index contributed by atoms with van der Waals surface area (Å²) in [6.45, 7) is 6.22. The van der Waals surface area contributed by atoms with Crippen molar-refractivity contribution in [3.05, 3.63) is 0 Å². The van der Waals surface area contributed by atoms with Gasteiger partial charge in [0.25, 0.3) is 5.91 Å². The van der Waals surface area contributed by atoms with Gasteiger partial charge in [0.15, 0.2) is 0 Å². The van der Waals surface area contributed by atoms with Crippen molar-refractivity contribution in [1.82, 2.24) is 5.01 Å². The van der Waals surface area contributed by atoms with Crippen LogP contribution >= 0.6 is 0 Å². The lowest BCUT2D eigenvalue weighted by atomic mass is 9.91. The first-order valence-corrected chi connectivity index (χ1v) is 6.99. The molecule has 0 spiro atoms. The Morgan fingerprint density at radius 2 is 1.76 bits per heavy atom. The number of hydrazone groups is 1. The van der Waals surface area contributed by atoms with Crippen molar-refractivity contribution >= 4 is 11.6 Å². The molecule has 1 heterocycles. The van der Waals surface area contributed by atoms with E-state index in [2.05, 4.69) is 18.9 Å². The fourth-order valence-corrected chi connectivity index (χ4v) is 3.13. The van der Waals surface area contributed by atoms with Crippen molar-refractivity contribution in [3.63, 3.8) is 0 Å².